The number of rotatable bonds is 9. The second kappa shape index (κ2) is 9.72. The lowest BCUT2D eigenvalue weighted by atomic mass is 10.3. The molecular weight excluding hydrogens is 384 g/mol. The van der Waals surface area contributed by atoms with Crippen LogP contribution in [0.3, 0.4) is 0 Å². The molecule has 7 nitrogen and oxygen atoms in total. The minimum atomic E-state index is -3.40. The molecule has 2 aromatic rings. The van der Waals surface area contributed by atoms with Crippen molar-refractivity contribution in [2.24, 2.45) is 10.7 Å². The van der Waals surface area contributed by atoms with Crippen LogP contribution in [0.5, 0.6) is 5.75 Å². The molecule has 2 rings (SSSR count). The monoisotopic (exact) mass is 410 g/mol. The zero-order valence-electron chi connectivity index (χ0n) is 15.8. The zero-order valence-corrected chi connectivity index (χ0v) is 17.4. The lowest BCUT2D eigenvalue weighted by Gasteiger charge is -2.16. The molecule has 1 heterocycles. The summed E-state index contributed by atoms with van der Waals surface area (Å²) in [7, 11) is -1.79. The van der Waals surface area contributed by atoms with Crippen LogP contribution >= 0.6 is 11.3 Å². The van der Waals surface area contributed by atoms with Gasteiger partial charge in [-0.3, -0.25) is 4.99 Å². The van der Waals surface area contributed by atoms with Crippen LogP contribution in [0.2, 0.25) is 0 Å². The highest BCUT2D eigenvalue weighted by molar-refractivity contribution is 7.91. The smallest absolute Gasteiger partial charge is 0.252 e. The molecule has 0 unspecified atom stereocenters. The second-order valence-electron chi connectivity index (χ2n) is 5.68. The Hall–Kier alpha value is -2.10. The number of nitrogens with zero attached hydrogens (tertiary/aromatic N) is 2. The van der Waals surface area contributed by atoms with Gasteiger partial charge in [0.25, 0.3) is 10.0 Å². The van der Waals surface area contributed by atoms with Gasteiger partial charge in [0, 0.05) is 36.6 Å². The van der Waals surface area contributed by atoms with Gasteiger partial charge in [-0.1, -0.05) is 13.8 Å². The lowest BCUT2D eigenvalue weighted by Crippen LogP contribution is -2.29. The summed E-state index contributed by atoms with van der Waals surface area (Å²) in [6.07, 6.45) is 0.628. The maximum Gasteiger partial charge on any atom is 0.252 e. The molecule has 0 saturated heterocycles. The molecule has 27 heavy (non-hydrogen) atoms. The normalized spacial score (nSPS) is 12.4. The SMILES string of the molecule is CCN(CC)S(=O)(=O)c1ccc(CCN=C(N)Nc2ccc(OC)cc2)s1. The van der Waals surface area contributed by atoms with Crippen LogP contribution in [0.4, 0.5) is 5.69 Å². The van der Waals surface area contributed by atoms with Crippen molar-refractivity contribution in [1.82, 2.24) is 4.31 Å². The molecule has 0 radical (unpaired) electrons. The highest BCUT2D eigenvalue weighted by Gasteiger charge is 2.23. The molecule has 1 aromatic carbocycles. The number of hydrogen-bond acceptors (Lipinski definition) is 5. The molecule has 1 aromatic heterocycles. The van der Waals surface area contributed by atoms with E-state index >= 15 is 0 Å². The zero-order chi connectivity index (χ0) is 19.9. The average molecular weight is 411 g/mol. The minimum absolute atomic E-state index is 0.313. The van der Waals surface area contributed by atoms with E-state index in [1.807, 2.05) is 44.2 Å². The van der Waals surface area contributed by atoms with Gasteiger partial charge in [0.2, 0.25) is 0 Å². The van der Waals surface area contributed by atoms with E-state index in [4.69, 9.17) is 10.5 Å². The number of thiophene rings is 1. The van der Waals surface area contributed by atoms with Gasteiger partial charge in [0.05, 0.1) is 7.11 Å². The van der Waals surface area contributed by atoms with Gasteiger partial charge >= 0.3 is 0 Å². The van der Waals surface area contributed by atoms with Gasteiger partial charge in [-0.15, -0.1) is 11.3 Å². The number of sulfonamides is 1. The number of nitrogens with two attached hydrogens (primary N) is 1. The van der Waals surface area contributed by atoms with Crippen molar-refractivity contribution < 1.29 is 13.2 Å². The topological polar surface area (TPSA) is 97.0 Å². The van der Waals surface area contributed by atoms with Gasteiger partial charge in [0.15, 0.2) is 5.96 Å². The summed E-state index contributed by atoms with van der Waals surface area (Å²) < 4.78 is 32.0. The number of ether oxygens (including phenoxy) is 1. The Morgan fingerprint density at radius 2 is 1.85 bits per heavy atom. The Kier molecular flexibility index (Phi) is 7.64. The maximum absolute atomic E-state index is 12.5. The van der Waals surface area contributed by atoms with Crippen LogP contribution in [0.15, 0.2) is 45.6 Å². The molecule has 0 spiro atoms. The van der Waals surface area contributed by atoms with Crippen LogP contribution in [-0.4, -0.2) is 45.4 Å². The van der Waals surface area contributed by atoms with E-state index in [1.54, 1.807) is 13.2 Å². The fourth-order valence-corrected chi connectivity index (χ4v) is 5.43. The summed E-state index contributed by atoms with van der Waals surface area (Å²) in [5.41, 5.74) is 6.72. The third kappa shape index (κ3) is 5.69. The summed E-state index contributed by atoms with van der Waals surface area (Å²) in [6, 6.07) is 10.9. The Morgan fingerprint density at radius 3 is 2.44 bits per heavy atom. The van der Waals surface area contributed by atoms with E-state index in [2.05, 4.69) is 10.3 Å². The van der Waals surface area contributed by atoms with Crippen molar-refractivity contribution >= 4 is 33.0 Å². The molecule has 0 bridgehead atoms. The van der Waals surface area contributed by atoms with Crippen molar-refractivity contribution in [3.8, 4) is 5.75 Å². The lowest BCUT2D eigenvalue weighted by molar-refractivity contribution is 0.415. The molecule has 3 N–H and O–H groups in total. The van der Waals surface area contributed by atoms with E-state index in [0.717, 1.165) is 16.3 Å². The van der Waals surface area contributed by atoms with Crippen molar-refractivity contribution in [3.05, 3.63) is 41.3 Å². The molecular formula is C18H26N4O3S2. The fraction of sp³-hybridized carbons (Fsp3) is 0.389. The Morgan fingerprint density at radius 1 is 1.19 bits per heavy atom. The third-order valence-electron chi connectivity index (χ3n) is 3.94. The Labute approximate surface area is 164 Å². The fourth-order valence-electron chi connectivity index (χ4n) is 2.47. The number of methoxy groups -OCH3 is 1. The van der Waals surface area contributed by atoms with Crippen LogP contribution in [0.1, 0.15) is 18.7 Å². The van der Waals surface area contributed by atoms with Crippen molar-refractivity contribution in [2.45, 2.75) is 24.5 Å². The molecule has 0 aliphatic carbocycles. The van der Waals surface area contributed by atoms with Gasteiger partial charge in [-0.25, -0.2) is 8.42 Å². The highest BCUT2D eigenvalue weighted by Crippen LogP contribution is 2.25. The first-order valence-corrected chi connectivity index (χ1v) is 11.0. The number of aliphatic imine (C=N–C) groups is 1. The first-order chi connectivity index (χ1) is 12.9. The predicted octanol–water partition coefficient (Wildman–Crippen LogP) is 2.76. The first kappa shape index (κ1) is 21.2. The summed E-state index contributed by atoms with van der Waals surface area (Å²) in [6.45, 7) is 5.07. The Balaban J connectivity index is 1.93. The van der Waals surface area contributed by atoms with Crippen LogP contribution in [0, 0.1) is 0 Å². The number of benzene rings is 1. The molecule has 0 fully saturated rings. The molecule has 0 saturated carbocycles. The van der Waals surface area contributed by atoms with Crippen LogP contribution in [0.25, 0.3) is 0 Å². The minimum Gasteiger partial charge on any atom is -0.497 e. The second-order valence-corrected chi connectivity index (χ2v) is 9.01. The first-order valence-electron chi connectivity index (χ1n) is 8.70. The predicted molar refractivity (Wildman–Crippen MR) is 111 cm³/mol. The van der Waals surface area contributed by atoms with Gasteiger partial charge in [-0.05, 0) is 36.4 Å². The quantitative estimate of drug-likeness (QED) is 0.489. The van der Waals surface area contributed by atoms with E-state index in [1.165, 1.54) is 15.6 Å². The summed E-state index contributed by atoms with van der Waals surface area (Å²) in [5, 5.41) is 3.01. The van der Waals surface area contributed by atoms with E-state index < -0.39 is 10.0 Å². The average Bonchev–Trinajstić information content (AvgIpc) is 3.13. The van der Waals surface area contributed by atoms with Gasteiger partial charge < -0.3 is 15.8 Å². The van der Waals surface area contributed by atoms with Gasteiger partial charge in [-0.2, -0.15) is 4.31 Å². The number of hydrogen-bond donors (Lipinski definition) is 2. The summed E-state index contributed by atoms with van der Waals surface area (Å²) in [5.74, 6) is 1.08. The van der Waals surface area contributed by atoms with Crippen LogP contribution in [-0.2, 0) is 16.4 Å². The molecule has 148 valence electrons. The highest BCUT2D eigenvalue weighted by atomic mass is 32.2. The molecule has 0 amide bonds. The van der Waals surface area contributed by atoms with E-state index in [-0.39, 0.29) is 0 Å². The molecule has 0 atom stereocenters. The summed E-state index contributed by atoms with van der Waals surface area (Å²) >= 11 is 1.28. The largest absolute Gasteiger partial charge is 0.497 e. The standard InChI is InChI=1S/C18H26N4O3S2/c1-4-22(5-2)27(23,24)17-11-10-16(26-17)12-13-20-18(19)21-14-6-8-15(25-3)9-7-14/h6-11H,4-5,12-13H2,1-3H3,(H3,19,20,21). The van der Waals surface area contributed by atoms with Gasteiger partial charge in [0.1, 0.15) is 9.96 Å². The molecule has 0 aliphatic rings. The maximum atomic E-state index is 12.5. The van der Waals surface area contributed by atoms with E-state index in [9.17, 15) is 8.42 Å². The van der Waals surface area contributed by atoms with E-state index in [0.29, 0.717) is 36.2 Å². The summed E-state index contributed by atoms with van der Waals surface area (Å²) in [4.78, 5) is 5.26. The Bertz CT molecular complexity index is 857. The van der Waals surface area contributed by atoms with Crippen molar-refractivity contribution in [1.29, 1.82) is 0 Å². The number of anilines is 1. The van der Waals surface area contributed by atoms with Crippen LogP contribution < -0.4 is 15.8 Å². The number of guanidine groups is 1. The van der Waals surface area contributed by atoms with Crippen molar-refractivity contribution in [3.63, 3.8) is 0 Å². The molecule has 0 aliphatic heterocycles. The van der Waals surface area contributed by atoms with Crippen molar-refractivity contribution in [2.75, 3.05) is 32.1 Å². The number of nitrogens with one attached hydrogen (secondary N) is 1. The third-order valence-corrected chi connectivity index (χ3v) is 7.60. The molecule has 9 heteroatoms.